The number of carbonyl (C=O) groups is 1. The Morgan fingerprint density at radius 1 is 1.15 bits per heavy atom. The zero-order valence-electron chi connectivity index (χ0n) is 15.7. The van der Waals surface area contributed by atoms with Crippen LogP contribution >= 0.6 is 0 Å². The highest BCUT2D eigenvalue weighted by molar-refractivity contribution is 6.05. The molecule has 3 heterocycles. The first-order chi connectivity index (χ1) is 13.1. The van der Waals surface area contributed by atoms with Gasteiger partial charge in [0.25, 0.3) is 5.91 Å². The van der Waals surface area contributed by atoms with Gasteiger partial charge in [-0.2, -0.15) is 5.10 Å². The number of amides is 1. The van der Waals surface area contributed by atoms with E-state index in [4.69, 9.17) is 4.98 Å². The number of likely N-dealkylation sites (N-methyl/N-ethyl adjacent to an activating group) is 1. The average molecular weight is 364 g/mol. The summed E-state index contributed by atoms with van der Waals surface area (Å²) >= 11 is 0. The van der Waals surface area contributed by atoms with Gasteiger partial charge in [-0.25, -0.2) is 4.98 Å². The number of fused-ring (bicyclic) bond motifs is 1. The van der Waals surface area contributed by atoms with E-state index in [9.17, 15) is 4.79 Å². The standard InChI is InChI=1S/C20H24N6O/c1-23(2)11-12-25-14-17(13-21-25)19(27)26-10-6-9-24-15-18(22-20(24)26)16-7-4-3-5-8-16/h3-5,7-8,13-15H,6,9-12H2,1-2H3. The Balaban J connectivity index is 1.57. The summed E-state index contributed by atoms with van der Waals surface area (Å²) < 4.78 is 3.89. The van der Waals surface area contributed by atoms with E-state index in [0.29, 0.717) is 18.1 Å². The molecule has 0 atom stereocenters. The molecule has 3 aromatic rings. The minimum Gasteiger partial charge on any atom is -0.316 e. The summed E-state index contributed by atoms with van der Waals surface area (Å²) in [4.78, 5) is 21.7. The second kappa shape index (κ2) is 7.36. The molecule has 0 unspecified atom stereocenters. The van der Waals surface area contributed by atoms with Gasteiger partial charge in [0.15, 0.2) is 0 Å². The molecular formula is C20H24N6O. The van der Waals surface area contributed by atoms with Crippen molar-refractivity contribution in [2.45, 2.75) is 19.5 Å². The molecule has 0 saturated heterocycles. The van der Waals surface area contributed by atoms with Crippen molar-refractivity contribution in [2.75, 3.05) is 32.1 Å². The lowest BCUT2D eigenvalue weighted by atomic mass is 10.2. The number of nitrogens with zero attached hydrogens (tertiary/aromatic N) is 6. The Kier molecular flexibility index (Phi) is 4.77. The zero-order valence-corrected chi connectivity index (χ0v) is 15.7. The van der Waals surface area contributed by atoms with E-state index in [1.54, 1.807) is 11.1 Å². The lowest BCUT2D eigenvalue weighted by Crippen LogP contribution is -2.37. The molecule has 0 bridgehead atoms. The van der Waals surface area contributed by atoms with Crippen LogP contribution in [0.1, 0.15) is 16.8 Å². The molecule has 0 radical (unpaired) electrons. The van der Waals surface area contributed by atoms with Gasteiger partial charge < -0.3 is 9.47 Å². The topological polar surface area (TPSA) is 59.2 Å². The Labute approximate surface area is 158 Å². The first kappa shape index (κ1) is 17.5. The van der Waals surface area contributed by atoms with Gasteiger partial charge in [-0.1, -0.05) is 30.3 Å². The van der Waals surface area contributed by atoms with Crippen LogP contribution in [-0.2, 0) is 13.1 Å². The number of aromatic nitrogens is 4. The third kappa shape index (κ3) is 3.64. The molecular weight excluding hydrogens is 340 g/mol. The van der Waals surface area contributed by atoms with Crippen molar-refractivity contribution in [3.63, 3.8) is 0 Å². The van der Waals surface area contributed by atoms with Crippen LogP contribution in [0, 0.1) is 0 Å². The van der Waals surface area contributed by atoms with Crippen LogP contribution in [0.15, 0.2) is 48.9 Å². The van der Waals surface area contributed by atoms with Crippen molar-refractivity contribution in [3.05, 3.63) is 54.5 Å². The highest BCUT2D eigenvalue weighted by atomic mass is 16.2. The number of imidazole rings is 1. The SMILES string of the molecule is CN(C)CCn1cc(C(=O)N2CCCn3cc(-c4ccccc4)nc32)cn1. The average Bonchev–Trinajstić information content (AvgIpc) is 3.33. The summed E-state index contributed by atoms with van der Waals surface area (Å²) in [5.74, 6) is 0.670. The third-order valence-corrected chi connectivity index (χ3v) is 4.75. The fraction of sp³-hybridized carbons (Fsp3) is 0.350. The maximum atomic E-state index is 13.1. The molecule has 0 fully saturated rings. The van der Waals surface area contributed by atoms with Crippen molar-refractivity contribution in [1.29, 1.82) is 0 Å². The van der Waals surface area contributed by atoms with Gasteiger partial charge in [0.1, 0.15) is 0 Å². The van der Waals surface area contributed by atoms with Crippen LogP contribution in [-0.4, -0.2) is 57.3 Å². The van der Waals surface area contributed by atoms with Gasteiger partial charge >= 0.3 is 0 Å². The molecule has 0 N–H and O–H groups in total. The van der Waals surface area contributed by atoms with Crippen LogP contribution < -0.4 is 4.90 Å². The number of hydrogen-bond acceptors (Lipinski definition) is 4. The Morgan fingerprint density at radius 3 is 2.74 bits per heavy atom. The largest absolute Gasteiger partial charge is 0.316 e. The van der Waals surface area contributed by atoms with E-state index in [1.807, 2.05) is 61.5 Å². The molecule has 0 aliphatic carbocycles. The van der Waals surface area contributed by atoms with Gasteiger partial charge in [-0.15, -0.1) is 0 Å². The summed E-state index contributed by atoms with van der Waals surface area (Å²) in [6.07, 6.45) is 6.42. The summed E-state index contributed by atoms with van der Waals surface area (Å²) in [5.41, 5.74) is 2.56. The fourth-order valence-electron chi connectivity index (χ4n) is 3.28. The molecule has 1 aliphatic rings. The Morgan fingerprint density at radius 2 is 1.96 bits per heavy atom. The van der Waals surface area contributed by atoms with Crippen molar-refractivity contribution in [3.8, 4) is 11.3 Å². The predicted molar refractivity (Wildman–Crippen MR) is 105 cm³/mol. The first-order valence-electron chi connectivity index (χ1n) is 9.23. The van der Waals surface area contributed by atoms with Crippen molar-refractivity contribution in [1.82, 2.24) is 24.2 Å². The zero-order chi connectivity index (χ0) is 18.8. The number of rotatable bonds is 5. The maximum absolute atomic E-state index is 13.1. The smallest absolute Gasteiger partial charge is 0.263 e. The van der Waals surface area contributed by atoms with E-state index in [1.165, 1.54) is 0 Å². The number of hydrogen-bond donors (Lipinski definition) is 0. The second-order valence-electron chi connectivity index (χ2n) is 7.09. The van der Waals surface area contributed by atoms with E-state index >= 15 is 0 Å². The van der Waals surface area contributed by atoms with Crippen LogP contribution in [0.4, 0.5) is 5.95 Å². The summed E-state index contributed by atoms with van der Waals surface area (Å²) in [6, 6.07) is 10.1. The molecule has 2 aromatic heterocycles. The number of carbonyl (C=O) groups excluding carboxylic acids is 1. The van der Waals surface area contributed by atoms with Gasteiger partial charge in [-0.05, 0) is 20.5 Å². The number of aryl methyl sites for hydroxylation is 1. The van der Waals surface area contributed by atoms with Crippen LogP contribution in [0.2, 0.25) is 0 Å². The van der Waals surface area contributed by atoms with E-state index in [0.717, 1.165) is 37.3 Å². The van der Waals surface area contributed by atoms with Crippen molar-refractivity contribution < 1.29 is 4.79 Å². The molecule has 140 valence electrons. The van der Waals surface area contributed by atoms with Crippen LogP contribution in [0.25, 0.3) is 11.3 Å². The van der Waals surface area contributed by atoms with Gasteiger partial charge in [0.05, 0.1) is 24.0 Å². The molecule has 0 saturated carbocycles. The van der Waals surface area contributed by atoms with Crippen LogP contribution in [0.3, 0.4) is 0 Å². The molecule has 1 aliphatic heterocycles. The second-order valence-corrected chi connectivity index (χ2v) is 7.09. The van der Waals surface area contributed by atoms with Crippen molar-refractivity contribution in [2.24, 2.45) is 0 Å². The lowest BCUT2D eigenvalue weighted by Gasteiger charge is -2.26. The highest BCUT2D eigenvalue weighted by Gasteiger charge is 2.27. The normalized spacial score (nSPS) is 13.8. The molecule has 7 heteroatoms. The Bertz CT molecular complexity index is 927. The summed E-state index contributed by atoms with van der Waals surface area (Å²) in [6.45, 7) is 3.19. The first-order valence-corrected chi connectivity index (χ1v) is 9.23. The molecule has 0 spiro atoms. The van der Waals surface area contributed by atoms with Gasteiger partial charge in [0, 0.05) is 37.6 Å². The van der Waals surface area contributed by atoms with Crippen LogP contribution in [0.5, 0.6) is 0 Å². The van der Waals surface area contributed by atoms with Crippen molar-refractivity contribution >= 4 is 11.9 Å². The number of anilines is 1. The highest BCUT2D eigenvalue weighted by Crippen LogP contribution is 2.27. The predicted octanol–water partition coefficient (Wildman–Crippen LogP) is 2.36. The molecule has 1 amide bonds. The molecule has 7 nitrogen and oxygen atoms in total. The lowest BCUT2D eigenvalue weighted by molar-refractivity contribution is 0.0981. The summed E-state index contributed by atoms with van der Waals surface area (Å²) in [5, 5.41) is 4.33. The third-order valence-electron chi connectivity index (χ3n) is 4.75. The molecule has 1 aromatic carbocycles. The quantitative estimate of drug-likeness (QED) is 0.697. The maximum Gasteiger partial charge on any atom is 0.263 e. The Hall–Kier alpha value is -2.93. The van der Waals surface area contributed by atoms with E-state index < -0.39 is 0 Å². The monoisotopic (exact) mass is 364 g/mol. The number of benzene rings is 1. The molecule has 27 heavy (non-hydrogen) atoms. The van der Waals surface area contributed by atoms with Gasteiger partial charge in [0.2, 0.25) is 5.95 Å². The fourth-order valence-corrected chi connectivity index (χ4v) is 3.28. The van der Waals surface area contributed by atoms with Gasteiger partial charge in [-0.3, -0.25) is 14.4 Å². The minimum atomic E-state index is -0.0442. The van der Waals surface area contributed by atoms with E-state index in [2.05, 4.69) is 14.6 Å². The minimum absolute atomic E-state index is 0.0442. The van der Waals surface area contributed by atoms with E-state index in [-0.39, 0.29) is 5.91 Å². The summed E-state index contributed by atoms with van der Waals surface area (Å²) in [7, 11) is 4.04. The molecule has 4 rings (SSSR count).